The van der Waals surface area contributed by atoms with Crippen LogP contribution >= 0.6 is 0 Å². The van der Waals surface area contributed by atoms with Gasteiger partial charge in [0.25, 0.3) is 0 Å². The molecule has 5 nitrogen and oxygen atoms in total. The van der Waals surface area contributed by atoms with Crippen LogP contribution in [0, 0.1) is 0 Å². The second-order valence-corrected chi connectivity index (χ2v) is 4.48. The molecular weight excluding hydrogens is 206 g/mol. The van der Waals surface area contributed by atoms with E-state index in [9.17, 15) is 4.79 Å². The molecule has 0 bridgehead atoms. The highest BCUT2D eigenvalue weighted by atomic mass is 16.6. The average molecular weight is 227 g/mol. The molecule has 0 unspecified atom stereocenters. The van der Waals surface area contributed by atoms with Crippen LogP contribution in [0.5, 0.6) is 0 Å². The molecule has 1 N–H and O–H groups in total. The van der Waals surface area contributed by atoms with E-state index >= 15 is 0 Å². The average Bonchev–Trinajstić information content (AvgIpc) is 2.08. The van der Waals surface area contributed by atoms with Gasteiger partial charge in [-0.1, -0.05) is 6.58 Å². The molecule has 0 aliphatic carbocycles. The van der Waals surface area contributed by atoms with E-state index in [1.54, 1.807) is 4.90 Å². The van der Waals surface area contributed by atoms with Crippen molar-refractivity contribution < 1.29 is 9.53 Å². The minimum Gasteiger partial charge on any atom is -0.444 e. The van der Waals surface area contributed by atoms with E-state index in [0.29, 0.717) is 12.4 Å². The van der Waals surface area contributed by atoms with Gasteiger partial charge in [-0.05, 0) is 20.8 Å². The highest BCUT2D eigenvalue weighted by molar-refractivity contribution is 5.87. The van der Waals surface area contributed by atoms with E-state index in [0.717, 1.165) is 0 Å². The Labute approximate surface area is 97.2 Å². The van der Waals surface area contributed by atoms with Gasteiger partial charge in [0.2, 0.25) is 0 Å². The second kappa shape index (κ2) is 6.15. The number of carbonyl (C=O) groups excluding carboxylic acids is 1. The Morgan fingerprint density at radius 3 is 2.44 bits per heavy atom. The van der Waals surface area contributed by atoms with E-state index in [-0.39, 0.29) is 0 Å². The maximum atomic E-state index is 11.4. The number of carbonyl (C=O) groups is 1. The normalized spacial score (nSPS) is 11.9. The van der Waals surface area contributed by atoms with Gasteiger partial charge < -0.3 is 15.0 Å². The van der Waals surface area contributed by atoms with E-state index in [2.05, 4.69) is 16.9 Å². The van der Waals surface area contributed by atoms with E-state index < -0.39 is 11.7 Å². The summed E-state index contributed by atoms with van der Waals surface area (Å²) >= 11 is 0. The molecule has 0 radical (unpaired) electrons. The first kappa shape index (κ1) is 14.5. The third-order valence-corrected chi connectivity index (χ3v) is 1.55. The summed E-state index contributed by atoms with van der Waals surface area (Å²) < 4.78 is 5.10. The number of nitrogens with one attached hydrogen (secondary N) is 1. The SMILES string of the molecule is C=C/N=C(/CNC(=O)OC(C)(C)C)N(C)C. The molecule has 0 aromatic carbocycles. The van der Waals surface area contributed by atoms with E-state index in [4.69, 9.17) is 4.74 Å². The molecule has 0 saturated heterocycles. The molecule has 0 atom stereocenters. The lowest BCUT2D eigenvalue weighted by Gasteiger charge is -2.21. The van der Waals surface area contributed by atoms with Crippen molar-refractivity contribution in [1.29, 1.82) is 0 Å². The van der Waals surface area contributed by atoms with Crippen LogP contribution in [0.3, 0.4) is 0 Å². The van der Waals surface area contributed by atoms with Crippen LogP contribution in [0.25, 0.3) is 0 Å². The minimum atomic E-state index is -0.488. The van der Waals surface area contributed by atoms with Crippen molar-refractivity contribution in [3.05, 3.63) is 12.8 Å². The van der Waals surface area contributed by atoms with Gasteiger partial charge >= 0.3 is 6.09 Å². The maximum Gasteiger partial charge on any atom is 0.408 e. The number of ether oxygens (including phenoxy) is 1. The molecule has 0 heterocycles. The molecule has 16 heavy (non-hydrogen) atoms. The molecule has 0 spiro atoms. The number of rotatable bonds is 3. The van der Waals surface area contributed by atoms with Crippen molar-refractivity contribution in [2.75, 3.05) is 20.6 Å². The molecule has 0 aliphatic rings. The smallest absolute Gasteiger partial charge is 0.408 e. The van der Waals surface area contributed by atoms with Crippen molar-refractivity contribution in [2.24, 2.45) is 4.99 Å². The Bertz CT molecular complexity index is 277. The van der Waals surface area contributed by atoms with Gasteiger partial charge in [0.15, 0.2) is 0 Å². The van der Waals surface area contributed by atoms with Gasteiger partial charge in [-0.2, -0.15) is 0 Å². The lowest BCUT2D eigenvalue weighted by Crippen LogP contribution is -2.39. The van der Waals surface area contributed by atoms with Crippen LogP contribution in [-0.4, -0.2) is 43.1 Å². The molecule has 1 amide bonds. The number of amides is 1. The largest absolute Gasteiger partial charge is 0.444 e. The topological polar surface area (TPSA) is 53.9 Å². The summed E-state index contributed by atoms with van der Waals surface area (Å²) in [7, 11) is 3.69. The number of hydrogen-bond donors (Lipinski definition) is 1. The zero-order chi connectivity index (χ0) is 12.8. The van der Waals surface area contributed by atoms with Crippen molar-refractivity contribution in [2.45, 2.75) is 26.4 Å². The van der Waals surface area contributed by atoms with Crippen LogP contribution in [-0.2, 0) is 4.74 Å². The monoisotopic (exact) mass is 227 g/mol. The zero-order valence-corrected chi connectivity index (χ0v) is 10.7. The Morgan fingerprint density at radius 1 is 1.50 bits per heavy atom. The summed E-state index contributed by atoms with van der Waals surface area (Å²) in [6.07, 6.45) is 0.984. The van der Waals surface area contributed by atoms with Crippen LogP contribution < -0.4 is 5.32 Å². The van der Waals surface area contributed by atoms with Gasteiger partial charge in [0.1, 0.15) is 11.4 Å². The highest BCUT2D eigenvalue weighted by Crippen LogP contribution is 2.06. The molecule has 0 rings (SSSR count). The number of amidine groups is 1. The van der Waals surface area contributed by atoms with Gasteiger partial charge in [-0.15, -0.1) is 0 Å². The number of aliphatic imine (C=N–C) groups is 1. The number of alkyl carbamates (subject to hydrolysis) is 1. The molecule has 0 aromatic heterocycles. The summed E-state index contributed by atoms with van der Waals surface area (Å²) in [5.74, 6) is 0.709. The third-order valence-electron chi connectivity index (χ3n) is 1.55. The molecule has 5 heteroatoms. The van der Waals surface area contributed by atoms with E-state index in [1.165, 1.54) is 6.20 Å². The number of nitrogens with zero attached hydrogens (tertiary/aromatic N) is 2. The van der Waals surface area contributed by atoms with Gasteiger partial charge in [0, 0.05) is 20.3 Å². The minimum absolute atomic E-state index is 0.313. The van der Waals surface area contributed by atoms with Crippen LogP contribution in [0.15, 0.2) is 17.8 Å². The molecular formula is C11H21N3O2. The fourth-order valence-corrected chi connectivity index (χ4v) is 0.890. The number of likely N-dealkylation sites (N-methyl/N-ethyl adjacent to an activating group) is 1. The Hall–Kier alpha value is -1.52. The first-order chi connectivity index (χ1) is 7.26. The van der Waals surface area contributed by atoms with Crippen LogP contribution in [0.1, 0.15) is 20.8 Å². The number of hydrogen-bond acceptors (Lipinski definition) is 3. The van der Waals surface area contributed by atoms with Gasteiger partial charge in [-0.25, -0.2) is 9.79 Å². The molecule has 0 fully saturated rings. The molecule has 0 aliphatic heterocycles. The maximum absolute atomic E-state index is 11.4. The lowest BCUT2D eigenvalue weighted by molar-refractivity contribution is 0.0535. The summed E-state index contributed by atoms with van der Waals surface area (Å²) in [5.41, 5.74) is -0.488. The summed E-state index contributed by atoms with van der Waals surface area (Å²) in [4.78, 5) is 17.2. The quantitative estimate of drug-likeness (QED) is 0.588. The summed E-state index contributed by atoms with van der Waals surface area (Å²) in [6, 6.07) is 0. The molecule has 0 saturated carbocycles. The van der Waals surface area contributed by atoms with Gasteiger partial charge in [0.05, 0.1) is 6.54 Å². The van der Waals surface area contributed by atoms with Crippen molar-refractivity contribution in [1.82, 2.24) is 10.2 Å². The van der Waals surface area contributed by atoms with Crippen LogP contribution in [0.4, 0.5) is 4.79 Å². The summed E-state index contributed by atoms with van der Waals surface area (Å²) in [5, 5.41) is 2.62. The first-order valence-corrected chi connectivity index (χ1v) is 5.08. The van der Waals surface area contributed by atoms with Crippen LogP contribution in [0.2, 0.25) is 0 Å². The van der Waals surface area contributed by atoms with Crippen molar-refractivity contribution >= 4 is 11.9 Å². The predicted octanol–water partition coefficient (Wildman–Crippen LogP) is 1.61. The third kappa shape index (κ3) is 6.86. The van der Waals surface area contributed by atoms with Crippen molar-refractivity contribution in [3.63, 3.8) is 0 Å². The first-order valence-electron chi connectivity index (χ1n) is 5.08. The Morgan fingerprint density at radius 2 is 2.06 bits per heavy atom. The van der Waals surface area contributed by atoms with Crippen molar-refractivity contribution in [3.8, 4) is 0 Å². The second-order valence-electron chi connectivity index (χ2n) is 4.48. The zero-order valence-electron chi connectivity index (χ0n) is 10.7. The fourth-order valence-electron chi connectivity index (χ4n) is 0.890. The molecule has 0 aromatic rings. The standard InChI is InChI=1S/C11H21N3O2/c1-7-12-9(14(5)6)8-13-10(15)16-11(2,3)4/h7H,1,8H2,2-6H3,(H,13,15)/b12-9-. The highest BCUT2D eigenvalue weighted by Gasteiger charge is 2.16. The summed E-state index contributed by atoms with van der Waals surface area (Å²) in [6.45, 7) is 9.27. The van der Waals surface area contributed by atoms with E-state index in [1.807, 2.05) is 34.9 Å². The fraction of sp³-hybridized carbons (Fsp3) is 0.636. The Kier molecular flexibility index (Phi) is 5.56. The predicted molar refractivity (Wildman–Crippen MR) is 65.6 cm³/mol. The Balaban J connectivity index is 4.18. The molecule has 92 valence electrons. The van der Waals surface area contributed by atoms with Gasteiger partial charge in [-0.3, -0.25) is 0 Å². The lowest BCUT2D eigenvalue weighted by atomic mass is 10.2.